The quantitative estimate of drug-likeness (QED) is 0.532. The number of rotatable bonds is 5. The predicted molar refractivity (Wildman–Crippen MR) is 110 cm³/mol. The maximum atomic E-state index is 6.04. The predicted octanol–water partition coefficient (Wildman–Crippen LogP) is 4.93. The first-order valence-electron chi connectivity index (χ1n) is 8.79. The van der Waals surface area contributed by atoms with Crippen molar-refractivity contribution in [1.82, 2.24) is 19.7 Å². The minimum atomic E-state index is 0.105. The molecule has 3 heterocycles. The molecule has 0 atom stereocenters. The zero-order valence-corrected chi connectivity index (χ0v) is 16.5. The zero-order chi connectivity index (χ0) is 19.0. The van der Waals surface area contributed by atoms with E-state index in [9.17, 15) is 0 Å². The zero-order valence-electron chi connectivity index (χ0n) is 15.7. The first kappa shape index (κ1) is 17.5. The molecule has 0 radical (unpaired) electrons. The Morgan fingerprint density at radius 2 is 2.00 bits per heavy atom. The second-order valence-electron chi connectivity index (χ2n) is 6.63. The lowest BCUT2D eigenvalue weighted by molar-refractivity contribution is 0.243. The van der Waals surface area contributed by atoms with Gasteiger partial charge in [0.2, 0.25) is 5.95 Å². The van der Waals surface area contributed by atoms with Crippen LogP contribution in [0.15, 0.2) is 42.9 Å². The van der Waals surface area contributed by atoms with E-state index in [0.717, 1.165) is 32.8 Å². The number of fused-ring (bicyclic) bond motifs is 1. The number of anilines is 2. The van der Waals surface area contributed by atoms with Gasteiger partial charge in [-0.15, -0.1) is 11.3 Å². The Kier molecular flexibility index (Phi) is 4.53. The van der Waals surface area contributed by atoms with Gasteiger partial charge in [0.25, 0.3) is 0 Å². The van der Waals surface area contributed by atoms with Gasteiger partial charge >= 0.3 is 0 Å². The van der Waals surface area contributed by atoms with E-state index < -0.39 is 0 Å². The van der Waals surface area contributed by atoms with Crippen molar-refractivity contribution in [1.29, 1.82) is 0 Å². The van der Waals surface area contributed by atoms with Crippen LogP contribution in [0.1, 0.15) is 18.7 Å². The molecule has 0 bridgehead atoms. The van der Waals surface area contributed by atoms with Gasteiger partial charge < -0.3 is 10.1 Å². The molecule has 0 saturated heterocycles. The molecule has 4 rings (SSSR count). The Morgan fingerprint density at radius 3 is 2.74 bits per heavy atom. The average Bonchev–Trinajstić information content (AvgIpc) is 3.17. The SMILES string of the molecule is Cc1sc2cnc(Nc3cnn(C)c3)nc2c1-c1ccccc1OC(C)C. The van der Waals surface area contributed by atoms with Crippen LogP contribution >= 0.6 is 11.3 Å². The Hall–Kier alpha value is -2.93. The lowest BCUT2D eigenvalue weighted by Crippen LogP contribution is -2.06. The Bertz CT molecular complexity index is 1100. The average molecular weight is 379 g/mol. The molecule has 6 nitrogen and oxygen atoms in total. The van der Waals surface area contributed by atoms with Crippen molar-refractivity contribution < 1.29 is 4.74 Å². The molecule has 0 fully saturated rings. The Labute approximate surface area is 161 Å². The van der Waals surface area contributed by atoms with E-state index in [1.807, 2.05) is 51.5 Å². The molecule has 0 aliphatic heterocycles. The van der Waals surface area contributed by atoms with Crippen molar-refractivity contribution in [2.24, 2.45) is 7.05 Å². The summed E-state index contributed by atoms with van der Waals surface area (Å²) in [6.07, 6.45) is 5.61. The minimum absolute atomic E-state index is 0.105. The molecule has 0 unspecified atom stereocenters. The van der Waals surface area contributed by atoms with Crippen molar-refractivity contribution in [2.45, 2.75) is 26.9 Å². The third-order valence-corrected chi connectivity index (χ3v) is 5.12. The molecule has 0 aliphatic carbocycles. The second kappa shape index (κ2) is 7.00. The van der Waals surface area contributed by atoms with Crippen LogP contribution in [-0.2, 0) is 7.05 Å². The molecule has 1 aromatic carbocycles. The lowest BCUT2D eigenvalue weighted by atomic mass is 10.0. The standard InChI is InChI=1S/C20H21N5OS/c1-12(2)26-16-8-6-5-7-15(16)18-13(3)27-17-10-21-20(24-19(17)18)23-14-9-22-25(4)11-14/h5-12H,1-4H3,(H,21,23,24). The number of nitrogens with zero attached hydrogens (tertiary/aromatic N) is 4. The highest BCUT2D eigenvalue weighted by molar-refractivity contribution is 7.19. The van der Waals surface area contributed by atoms with E-state index in [0.29, 0.717) is 5.95 Å². The van der Waals surface area contributed by atoms with Crippen LogP contribution in [0, 0.1) is 6.92 Å². The smallest absolute Gasteiger partial charge is 0.227 e. The van der Waals surface area contributed by atoms with E-state index in [-0.39, 0.29) is 6.10 Å². The number of hydrogen-bond donors (Lipinski definition) is 1. The number of ether oxygens (including phenoxy) is 1. The molecule has 0 saturated carbocycles. The van der Waals surface area contributed by atoms with Crippen LogP contribution < -0.4 is 10.1 Å². The van der Waals surface area contributed by atoms with Crippen LogP contribution in [0.25, 0.3) is 21.3 Å². The van der Waals surface area contributed by atoms with Crippen molar-refractivity contribution in [3.05, 3.63) is 47.7 Å². The summed E-state index contributed by atoms with van der Waals surface area (Å²) >= 11 is 1.70. The summed E-state index contributed by atoms with van der Waals surface area (Å²) in [5, 5.41) is 7.39. The van der Waals surface area contributed by atoms with Gasteiger partial charge in [0.05, 0.1) is 34.4 Å². The highest BCUT2D eigenvalue weighted by Crippen LogP contribution is 2.41. The summed E-state index contributed by atoms with van der Waals surface area (Å²) in [6.45, 7) is 6.18. The molecule has 4 aromatic rings. The lowest BCUT2D eigenvalue weighted by Gasteiger charge is -2.14. The van der Waals surface area contributed by atoms with Gasteiger partial charge in [-0.1, -0.05) is 18.2 Å². The number of aryl methyl sites for hydroxylation is 2. The molecule has 7 heteroatoms. The molecule has 0 aliphatic rings. The van der Waals surface area contributed by atoms with Crippen molar-refractivity contribution in [3.63, 3.8) is 0 Å². The monoisotopic (exact) mass is 379 g/mol. The van der Waals surface area contributed by atoms with Gasteiger partial charge in [0, 0.05) is 29.2 Å². The Balaban J connectivity index is 1.81. The summed E-state index contributed by atoms with van der Waals surface area (Å²) in [7, 11) is 1.88. The third kappa shape index (κ3) is 3.50. The molecule has 0 spiro atoms. The normalized spacial score (nSPS) is 11.3. The van der Waals surface area contributed by atoms with Crippen molar-refractivity contribution >= 4 is 33.2 Å². The first-order valence-corrected chi connectivity index (χ1v) is 9.61. The van der Waals surface area contributed by atoms with E-state index in [4.69, 9.17) is 9.72 Å². The van der Waals surface area contributed by atoms with Crippen LogP contribution in [0.5, 0.6) is 5.75 Å². The van der Waals surface area contributed by atoms with E-state index in [1.165, 1.54) is 4.88 Å². The highest BCUT2D eigenvalue weighted by Gasteiger charge is 2.18. The summed E-state index contributed by atoms with van der Waals surface area (Å²) in [5.41, 5.74) is 3.94. The highest BCUT2D eigenvalue weighted by atomic mass is 32.1. The molecule has 1 N–H and O–H groups in total. The number of para-hydroxylation sites is 1. The van der Waals surface area contributed by atoms with Crippen LogP contribution in [0.3, 0.4) is 0 Å². The number of hydrogen-bond acceptors (Lipinski definition) is 6. The third-order valence-electron chi connectivity index (χ3n) is 4.09. The molecular formula is C20H21N5OS. The van der Waals surface area contributed by atoms with Gasteiger partial charge in [-0.25, -0.2) is 9.97 Å². The molecule has 138 valence electrons. The van der Waals surface area contributed by atoms with E-state index in [1.54, 1.807) is 22.2 Å². The van der Waals surface area contributed by atoms with Gasteiger partial charge in [-0.3, -0.25) is 4.68 Å². The first-order chi connectivity index (χ1) is 13.0. The van der Waals surface area contributed by atoms with Gasteiger partial charge in [0.1, 0.15) is 5.75 Å². The molecule has 27 heavy (non-hydrogen) atoms. The summed E-state index contributed by atoms with van der Waals surface area (Å²) in [4.78, 5) is 10.4. The number of aromatic nitrogens is 4. The fourth-order valence-electron chi connectivity index (χ4n) is 3.03. The second-order valence-corrected chi connectivity index (χ2v) is 7.89. The number of benzene rings is 1. The fraction of sp³-hybridized carbons (Fsp3) is 0.250. The van der Waals surface area contributed by atoms with E-state index in [2.05, 4.69) is 28.4 Å². The van der Waals surface area contributed by atoms with Crippen molar-refractivity contribution in [2.75, 3.05) is 5.32 Å². The van der Waals surface area contributed by atoms with Crippen LogP contribution in [-0.4, -0.2) is 25.9 Å². The fourth-order valence-corrected chi connectivity index (χ4v) is 4.02. The molecule has 3 aromatic heterocycles. The topological polar surface area (TPSA) is 64.9 Å². The van der Waals surface area contributed by atoms with Crippen molar-refractivity contribution in [3.8, 4) is 16.9 Å². The molecule has 0 amide bonds. The summed E-state index contributed by atoms with van der Waals surface area (Å²) in [5.74, 6) is 1.42. The molecular weight excluding hydrogens is 358 g/mol. The van der Waals surface area contributed by atoms with Gasteiger partial charge in [0.15, 0.2) is 0 Å². The number of thiophene rings is 1. The van der Waals surface area contributed by atoms with E-state index >= 15 is 0 Å². The maximum absolute atomic E-state index is 6.04. The summed E-state index contributed by atoms with van der Waals surface area (Å²) in [6, 6.07) is 8.12. The van der Waals surface area contributed by atoms with Gasteiger partial charge in [-0.2, -0.15) is 5.10 Å². The maximum Gasteiger partial charge on any atom is 0.227 e. The summed E-state index contributed by atoms with van der Waals surface area (Å²) < 4.78 is 8.83. The minimum Gasteiger partial charge on any atom is -0.490 e. The largest absolute Gasteiger partial charge is 0.490 e. The van der Waals surface area contributed by atoms with Gasteiger partial charge in [-0.05, 0) is 26.8 Å². The van der Waals surface area contributed by atoms with Crippen LogP contribution in [0.4, 0.5) is 11.6 Å². The van der Waals surface area contributed by atoms with Crippen LogP contribution in [0.2, 0.25) is 0 Å². The number of nitrogens with one attached hydrogen (secondary N) is 1. The Morgan fingerprint density at radius 1 is 1.19 bits per heavy atom.